The third-order valence-corrected chi connectivity index (χ3v) is 3.79. The predicted molar refractivity (Wildman–Crippen MR) is 80.6 cm³/mol. The number of rotatable bonds is 6. The second kappa shape index (κ2) is 6.83. The summed E-state index contributed by atoms with van der Waals surface area (Å²) in [5, 5.41) is 0. The van der Waals surface area contributed by atoms with Gasteiger partial charge in [-0.3, -0.25) is 9.88 Å². The Bertz CT molecular complexity index is 548. The minimum atomic E-state index is 0.357. The van der Waals surface area contributed by atoms with Gasteiger partial charge in [-0.25, -0.2) is 4.98 Å². The van der Waals surface area contributed by atoms with Gasteiger partial charge in [0.25, 0.3) is 0 Å². The van der Waals surface area contributed by atoms with E-state index in [1.165, 1.54) is 12.0 Å². The molecule has 0 saturated carbocycles. The molecule has 1 aliphatic heterocycles. The highest BCUT2D eigenvalue weighted by Gasteiger charge is 2.20. The van der Waals surface area contributed by atoms with Crippen LogP contribution in [-0.2, 0) is 17.8 Å². The molecule has 5 nitrogen and oxygen atoms in total. The zero-order chi connectivity index (χ0) is 14.5. The minimum Gasteiger partial charge on any atom is -0.377 e. The Morgan fingerprint density at radius 1 is 1.33 bits per heavy atom. The first kappa shape index (κ1) is 14.2. The summed E-state index contributed by atoms with van der Waals surface area (Å²) in [4.78, 5) is 14.1. The molecule has 21 heavy (non-hydrogen) atoms. The Labute approximate surface area is 125 Å². The SMILES string of the molecule is Cc1ncc(CN(Cc2ccncc2)C[C@@H]2CCCO2)[nH]1. The molecule has 0 radical (unpaired) electrons. The summed E-state index contributed by atoms with van der Waals surface area (Å²) in [6.07, 6.45) is 8.31. The number of aryl methyl sites for hydroxylation is 1. The van der Waals surface area contributed by atoms with E-state index in [0.29, 0.717) is 6.10 Å². The first-order valence-corrected chi connectivity index (χ1v) is 7.53. The number of hydrogen-bond acceptors (Lipinski definition) is 4. The fourth-order valence-electron chi connectivity index (χ4n) is 2.80. The van der Waals surface area contributed by atoms with E-state index in [9.17, 15) is 0 Å². The van der Waals surface area contributed by atoms with Crippen molar-refractivity contribution in [1.82, 2.24) is 19.9 Å². The van der Waals surface area contributed by atoms with E-state index in [1.807, 2.05) is 25.5 Å². The van der Waals surface area contributed by atoms with Crippen LogP contribution in [-0.4, -0.2) is 39.1 Å². The number of nitrogens with one attached hydrogen (secondary N) is 1. The first-order valence-electron chi connectivity index (χ1n) is 7.53. The van der Waals surface area contributed by atoms with Crippen molar-refractivity contribution in [2.24, 2.45) is 0 Å². The third kappa shape index (κ3) is 4.12. The van der Waals surface area contributed by atoms with Gasteiger partial charge in [0.2, 0.25) is 0 Å². The number of pyridine rings is 1. The summed E-state index contributed by atoms with van der Waals surface area (Å²) < 4.78 is 5.78. The summed E-state index contributed by atoms with van der Waals surface area (Å²) in [6.45, 7) is 5.61. The zero-order valence-corrected chi connectivity index (χ0v) is 12.5. The monoisotopic (exact) mass is 286 g/mol. The van der Waals surface area contributed by atoms with Crippen molar-refractivity contribution in [3.05, 3.63) is 47.8 Å². The molecular formula is C16H22N4O. The Morgan fingerprint density at radius 2 is 2.19 bits per heavy atom. The molecule has 0 spiro atoms. The molecule has 1 fully saturated rings. The van der Waals surface area contributed by atoms with Crippen LogP contribution in [0.25, 0.3) is 0 Å². The van der Waals surface area contributed by atoms with Crippen molar-refractivity contribution in [2.45, 2.75) is 39.0 Å². The first-order chi connectivity index (χ1) is 10.3. The Morgan fingerprint density at radius 3 is 2.86 bits per heavy atom. The predicted octanol–water partition coefficient (Wildman–Crippen LogP) is 2.29. The molecule has 2 aromatic heterocycles. The van der Waals surface area contributed by atoms with E-state index >= 15 is 0 Å². The third-order valence-electron chi connectivity index (χ3n) is 3.79. The normalized spacial score (nSPS) is 18.5. The molecule has 0 unspecified atom stereocenters. The fraction of sp³-hybridized carbons (Fsp3) is 0.500. The van der Waals surface area contributed by atoms with Crippen molar-refractivity contribution in [2.75, 3.05) is 13.2 Å². The lowest BCUT2D eigenvalue weighted by Crippen LogP contribution is -2.31. The summed E-state index contributed by atoms with van der Waals surface area (Å²) in [7, 11) is 0. The number of aromatic nitrogens is 3. The van der Waals surface area contributed by atoms with E-state index < -0.39 is 0 Å². The van der Waals surface area contributed by atoms with Gasteiger partial charge in [-0.05, 0) is 37.5 Å². The van der Waals surface area contributed by atoms with E-state index in [1.54, 1.807) is 0 Å². The van der Waals surface area contributed by atoms with Crippen LogP contribution in [0.5, 0.6) is 0 Å². The number of ether oxygens (including phenoxy) is 1. The number of aromatic amines is 1. The van der Waals surface area contributed by atoms with Crippen LogP contribution in [0.4, 0.5) is 0 Å². The van der Waals surface area contributed by atoms with Crippen LogP contribution in [0.15, 0.2) is 30.7 Å². The van der Waals surface area contributed by atoms with E-state index in [-0.39, 0.29) is 0 Å². The molecule has 3 heterocycles. The van der Waals surface area contributed by atoms with Crippen LogP contribution < -0.4 is 0 Å². The highest BCUT2D eigenvalue weighted by Crippen LogP contribution is 2.16. The number of hydrogen-bond donors (Lipinski definition) is 1. The maximum atomic E-state index is 5.78. The van der Waals surface area contributed by atoms with Crippen LogP contribution in [0.1, 0.15) is 29.9 Å². The van der Waals surface area contributed by atoms with E-state index in [0.717, 1.165) is 44.2 Å². The molecule has 0 bridgehead atoms. The van der Waals surface area contributed by atoms with Gasteiger partial charge in [-0.15, -0.1) is 0 Å². The number of H-pyrrole nitrogens is 1. The smallest absolute Gasteiger partial charge is 0.103 e. The number of imidazole rings is 1. The minimum absolute atomic E-state index is 0.357. The van der Waals surface area contributed by atoms with Crippen molar-refractivity contribution in [3.8, 4) is 0 Å². The van der Waals surface area contributed by atoms with Gasteiger partial charge in [0.15, 0.2) is 0 Å². The van der Waals surface area contributed by atoms with Crippen molar-refractivity contribution >= 4 is 0 Å². The molecular weight excluding hydrogens is 264 g/mol. The molecule has 2 aromatic rings. The lowest BCUT2D eigenvalue weighted by atomic mass is 10.2. The van der Waals surface area contributed by atoms with Crippen molar-refractivity contribution < 1.29 is 4.74 Å². The van der Waals surface area contributed by atoms with Gasteiger partial charge in [-0.2, -0.15) is 0 Å². The fourth-order valence-corrected chi connectivity index (χ4v) is 2.80. The summed E-state index contributed by atoms with van der Waals surface area (Å²) in [5.74, 6) is 0.964. The second-order valence-corrected chi connectivity index (χ2v) is 5.65. The quantitative estimate of drug-likeness (QED) is 0.885. The maximum absolute atomic E-state index is 5.78. The topological polar surface area (TPSA) is 54.0 Å². The van der Waals surface area contributed by atoms with Gasteiger partial charge in [0.1, 0.15) is 5.82 Å². The highest BCUT2D eigenvalue weighted by molar-refractivity contribution is 5.10. The zero-order valence-electron chi connectivity index (χ0n) is 12.5. The molecule has 1 N–H and O–H groups in total. The van der Waals surface area contributed by atoms with Crippen LogP contribution in [0.2, 0.25) is 0 Å². The maximum Gasteiger partial charge on any atom is 0.103 e. The van der Waals surface area contributed by atoms with Gasteiger partial charge in [0.05, 0.1) is 6.10 Å². The molecule has 0 amide bonds. The summed E-state index contributed by atoms with van der Waals surface area (Å²) in [5.41, 5.74) is 2.43. The Kier molecular flexibility index (Phi) is 4.62. The number of nitrogens with zero attached hydrogens (tertiary/aromatic N) is 3. The average molecular weight is 286 g/mol. The Hall–Kier alpha value is -1.72. The molecule has 0 aliphatic carbocycles. The molecule has 1 aliphatic rings. The average Bonchev–Trinajstić information content (AvgIpc) is 3.12. The standard InChI is InChI=1S/C16H22N4O/c1-13-18-9-15(19-13)11-20(12-16-3-2-8-21-16)10-14-4-6-17-7-5-14/h4-7,9,16H,2-3,8,10-12H2,1H3,(H,18,19)/t16-/m0/s1. The van der Waals surface area contributed by atoms with Crippen LogP contribution in [0.3, 0.4) is 0 Å². The highest BCUT2D eigenvalue weighted by atomic mass is 16.5. The lowest BCUT2D eigenvalue weighted by Gasteiger charge is -2.24. The molecule has 1 saturated heterocycles. The van der Waals surface area contributed by atoms with Gasteiger partial charge in [-0.1, -0.05) is 0 Å². The van der Waals surface area contributed by atoms with Crippen LogP contribution >= 0.6 is 0 Å². The largest absolute Gasteiger partial charge is 0.377 e. The lowest BCUT2D eigenvalue weighted by molar-refractivity contribution is 0.0675. The summed E-state index contributed by atoms with van der Waals surface area (Å²) >= 11 is 0. The van der Waals surface area contributed by atoms with Crippen molar-refractivity contribution in [1.29, 1.82) is 0 Å². The van der Waals surface area contributed by atoms with E-state index in [4.69, 9.17) is 4.74 Å². The van der Waals surface area contributed by atoms with Crippen molar-refractivity contribution in [3.63, 3.8) is 0 Å². The van der Waals surface area contributed by atoms with Gasteiger partial charge >= 0.3 is 0 Å². The molecule has 5 heteroatoms. The van der Waals surface area contributed by atoms with Gasteiger partial charge in [0, 0.05) is 50.5 Å². The van der Waals surface area contributed by atoms with Gasteiger partial charge < -0.3 is 9.72 Å². The molecule has 1 atom stereocenters. The molecule has 0 aromatic carbocycles. The Balaban J connectivity index is 1.67. The summed E-state index contributed by atoms with van der Waals surface area (Å²) in [6, 6.07) is 4.14. The second-order valence-electron chi connectivity index (χ2n) is 5.65. The molecule has 112 valence electrons. The molecule has 3 rings (SSSR count). The van der Waals surface area contributed by atoms with Crippen LogP contribution in [0, 0.1) is 6.92 Å². The van der Waals surface area contributed by atoms with E-state index in [2.05, 4.69) is 32.0 Å².